The lowest BCUT2D eigenvalue weighted by Gasteiger charge is -2.28. The molecule has 3 aliphatic rings. The molecule has 1 N–H and O–H groups in total. The third-order valence-corrected chi connectivity index (χ3v) is 6.62. The number of amides is 1. The van der Waals surface area contributed by atoms with E-state index in [1.54, 1.807) is 30.3 Å². The number of nitrogens with zero attached hydrogens (tertiary/aromatic N) is 1. The van der Waals surface area contributed by atoms with Gasteiger partial charge in [0.15, 0.2) is 23.0 Å². The number of carbonyl (C=O) groups excluding carboxylic acids is 2. The minimum Gasteiger partial charge on any atom is -0.507 e. The average Bonchev–Trinajstić information content (AvgIpc) is 3.64. The molecule has 0 aromatic heterocycles. The van der Waals surface area contributed by atoms with Crippen LogP contribution in [0, 0.1) is 0 Å². The predicted molar refractivity (Wildman–Crippen MR) is 127 cm³/mol. The first-order valence-electron chi connectivity index (χ1n) is 11.6. The number of likely N-dealkylation sites (tertiary alicyclic amines) is 1. The summed E-state index contributed by atoms with van der Waals surface area (Å²) in [6, 6.07) is 7.26. The van der Waals surface area contributed by atoms with Crippen LogP contribution in [0.25, 0.3) is 5.76 Å². The van der Waals surface area contributed by atoms with Crippen LogP contribution < -0.4 is 23.7 Å². The van der Waals surface area contributed by atoms with E-state index in [0.717, 1.165) is 12.8 Å². The molecule has 0 unspecified atom stereocenters. The number of carbonyl (C=O) groups is 2. The largest absolute Gasteiger partial charge is 0.507 e. The minimum absolute atomic E-state index is 0.0247. The summed E-state index contributed by atoms with van der Waals surface area (Å²) in [5, 5.41) is 11.4. The van der Waals surface area contributed by atoms with Gasteiger partial charge < -0.3 is 38.4 Å². The van der Waals surface area contributed by atoms with Crippen molar-refractivity contribution in [1.82, 2.24) is 4.90 Å². The molecule has 0 spiro atoms. The number of Topliss-reactive ketones (excluding diaryl/α,β-unsaturated/α-hetero) is 1. The summed E-state index contributed by atoms with van der Waals surface area (Å²) >= 11 is 0. The number of benzene rings is 2. The number of aliphatic hydroxyl groups is 1. The van der Waals surface area contributed by atoms with Gasteiger partial charge in [0.05, 0.1) is 39.0 Å². The summed E-state index contributed by atoms with van der Waals surface area (Å²) in [5.74, 6) is 0.271. The molecule has 2 aromatic rings. The number of hydrogen-bond acceptors (Lipinski definition) is 9. The van der Waals surface area contributed by atoms with Crippen LogP contribution in [0.5, 0.6) is 28.7 Å². The Morgan fingerprint density at radius 1 is 1.03 bits per heavy atom. The third-order valence-electron chi connectivity index (χ3n) is 6.62. The van der Waals surface area contributed by atoms with E-state index >= 15 is 0 Å². The molecule has 1 amide bonds. The topological polar surface area (TPSA) is 113 Å². The Labute approximate surface area is 207 Å². The van der Waals surface area contributed by atoms with Crippen molar-refractivity contribution in [3.8, 4) is 28.7 Å². The Kier molecular flexibility index (Phi) is 6.36. The SMILES string of the molecule is COc1ccc(C(O)=C2C(=O)C(=O)N(C[C@H]3CCCO3)[C@H]2c2cc(OC)c3c(c2)OCO3)cc1OC. The van der Waals surface area contributed by atoms with Crippen molar-refractivity contribution in [2.45, 2.75) is 25.0 Å². The molecule has 190 valence electrons. The van der Waals surface area contributed by atoms with Crippen LogP contribution in [0.2, 0.25) is 0 Å². The summed E-state index contributed by atoms with van der Waals surface area (Å²) in [6.07, 6.45) is 1.45. The normalized spacial score (nSPS) is 22.2. The molecule has 0 radical (unpaired) electrons. The first-order valence-corrected chi connectivity index (χ1v) is 11.6. The van der Waals surface area contributed by atoms with Crippen molar-refractivity contribution in [3.05, 3.63) is 47.0 Å². The number of ketones is 1. The first kappa shape index (κ1) is 23.8. The van der Waals surface area contributed by atoms with Gasteiger partial charge in [-0.2, -0.15) is 0 Å². The zero-order chi connectivity index (χ0) is 25.4. The van der Waals surface area contributed by atoms with E-state index in [-0.39, 0.29) is 30.8 Å². The number of ether oxygens (including phenoxy) is 6. The molecule has 5 rings (SSSR count). The summed E-state index contributed by atoms with van der Waals surface area (Å²) in [4.78, 5) is 28.1. The summed E-state index contributed by atoms with van der Waals surface area (Å²) < 4.78 is 33.0. The van der Waals surface area contributed by atoms with Crippen molar-refractivity contribution in [2.24, 2.45) is 0 Å². The van der Waals surface area contributed by atoms with Crippen molar-refractivity contribution >= 4 is 17.4 Å². The molecular weight excluding hydrogens is 470 g/mol. The van der Waals surface area contributed by atoms with Crippen molar-refractivity contribution < 1.29 is 43.1 Å². The van der Waals surface area contributed by atoms with E-state index in [9.17, 15) is 14.7 Å². The predicted octanol–water partition coefficient (Wildman–Crippen LogP) is 3.04. The van der Waals surface area contributed by atoms with E-state index in [1.165, 1.54) is 26.2 Å². The molecule has 2 atom stereocenters. The van der Waals surface area contributed by atoms with Crippen LogP contribution in [-0.2, 0) is 14.3 Å². The van der Waals surface area contributed by atoms with Gasteiger partial charge in [0, 0.05) is 18.7 Å². The number of hydrogen-bond donors (Lipinski definition) is 1. The van der Waals surface area contributed by atoms with Gasteiger partial charge in [-0.3, -0.25) is 9.59 Å². The van der Waals surface area contributed by atoms with Gasteiger partial charge in [0.25, 0.3) is 11.7 Å². The highest BCUT2D eigenvalue weighted by molar-refractivity contribution is 6.46. The van der Waals surface area contributed by atoms with Crippen LogP contribution in [0.4, 0.5) is 0 Å². The lowest BCUT2D eigenvalue weighted by molar-refractivity contribution is -0.140. The van der Waals surface area contributed by atoms with Gasteiger partial charge in [-0.05, 0) is 48.7 Å². The molecule has 3 aliphatic heterocycles. The Balaban J connectivity index is 1.66. The summed E-state index contributed by atoms with van der Waals surface area (Å²) in [7, 11) is 4.47. The second-order valence-corrected chi connectivity index (χ2v) is 8.61. The van der Waals surface area contributed by atoms with Gasteiger partial charge >= 0.3 is 0 Å². The van der Waals surface area contributed by atoms with Crippen LogP contribution in [0.15, 0.2) is 35.9 Å². The number of methoxy groups -OCH3 is 3. The maximum Gasteiger partial charge on any atom is 0.295 e. The average molecular weight is 498 g/mol. The molecule has 2 aromatic carbocycles. The zero-order valence-corrected chi connectivity index (χ0v) is 20.2. The molecule has 0 aliphatic carbocycles. The second kappa shape index (κ2) is 9.62. The van der Waals surface area contributed by atoms with Gasteiger partial charge in [-0.1, -0.05) is 0 Å². The molecule has 10 heteroatoms. The monoisotopic (exact) mass is 497 g/mol. The first-order chi connectivity index (χ1) is 17.5. The van der Waals surface area contributed by atoms with Crippen molar-refractivity contribution in [1.29, 1.82) is 0 Å². The number of fused-ring (bicyclic) bond motifs is 1. The lowest BCUT2D eigenvalue weighted by Crippen LogP contribution is -2.36. The molecular formula is C26H27NO9. The highest BCUT2D eigenvalue weighted by atomic mass is 16.7. The van der Waals surface area contributed by atoms with Gasteiger partial charge in [-0.15, -0.1) is 0 Å². The summed E-state index contributed by atoms with van der Waals surface area (Å²) in [6.45, 7) is 0.828. The van der Waals surface area contributed by atoms with Crippen LogP contribution in [-0.4, -0.2) is 69.1 Å². The van der Waals surface area contributed by atoms with Gasteiger partial charge in [0.1, 0.15) is 5.76 Å². The molecule has 2 saturated heterocycles. The molecule has 10 nitrogen and oxygen atoms in total. The Morgan fingerprint density at radius 3 is 2.50 bits per heavy atom. The van der Waals surface area contributed by atoms with Crippen LogP contribution in [0.3, 0.4) is 0 Å². The van der Waals surface area contributed by atoms with E-state index in [4.69, 9.17) is 28.4 Å². The fourth-order valence-electron chi connectivity index (χ4n) is 4.87. The molecule has 2 fully saturated rings. The molecule has 36 heavy (non-hydrogen) atoms. The molecule has 0 saturated carbocycles. The molecule has 0 bridgehead atoms. The standard InChI is InChI=1S/C26H27NO9/c1-31-17-7-6-14(9-18(17)32-2)23(28)21-22(15-10-19(33-3)25-20(11-15)35-13-36-25)27(26(30)24(21)29)12-16-5-4-8-34-16/h6-7,9-11,16,22,28H,4-5,8,12-13H2,1-3H3/t16-,22+/m1/s1. The van der Waals surface area contributed by atoms with Gasteiger partial charge in [0.2, 0.25) is 12.5 Å². The smallest absolute Gasteiger partial charge is 0.295 e. The van der Waals surface area contributed by atoms with Crippen LogP contribution >= 0.6 is 0 Å². The van der Waals surface area contributed by atoms with Crippen LogP contribution in [0.1, 0.15) is 30.0 Å². The zero-order valence-electron chi connectivity index (χ0n) is 20.2. The van der Waals surface area contributed by atoms with E-state index in [1.807, 2.05) is 0 Å². The van der Waals surface area contributed by atoms with E-state index in [0.29, 0.717) is 46.5 Å². The second-order valence-electron chi connectivity index (χ2n) is 8.61. The summed E-state index contributed by atoms with van der Waals surface area (Å²) in [5.41, 5.74) is 0.793. The Morgan fingerprint density at radius 2 is 1.81 bits per heavy atom. The minimum atomic E-state index is -0.898. The maximum absolute atomic E-state index is 13.4. The maximum atomic E-state index is 13.4. The number of aliphatic hydroxyl groups excluding tert-OH is 1. The Bertz CT molecular complexity index is 1230. The van der Waals surface area contributed by atoms with E-state index < -0.39 is 17.7 Å². The van der Waals surface area contributed by atoms with Crippen molar-refractivity contribution in [3.63, 3.8) is 0 Å². The highest BCUT2D eigenvalue weighted by Crippen LogP contribution is 2.48. The molecule has 3 heterocycles. The number of rotatable bonds is 7. The fourth-order valence-corrected chi connectivity index (χ4v) is 4.87. The fraction of sp³-hybridized carbons (Fsp3) is 0.385. The quantitative estimate of drug-likeness (QED) is 0.350. The van der Waals surface area contributed by atoms with E-state index in [2.05, 4.69) is 0 Å². The Hall–Kier alpha value is -3.92. The highest BCUT2D eigenvalue weighted by Gasteiger charge is 2.47. The van der Waals surface area contributed by atoms with Gasteiger partial charge in [-0.25, -0.2) is 0 Å². The third kappa shape index (κ3) is 3.97. The van der Waals surface area contributed by atoms with Crippen molar-refractivity contribution in [2.75, 3.05) is 41.3 Å². The lowest BCUT2D eigenvalue weighted by atomic mass is 9.94.